The second-order valence-electron chi connectivity index (χ2n) is 17.8. The van der Waals surface area contributed by atoms with Gasteiger partial charge in [-0.05, 0) is 76.6 Å². The molecule has 3 aromatic heterocycles. The van der Waals surface area contributed by atoms with Crippen LogP contribution in [0.25, 0.3) is 89.7 Å². The molecule has 0 unspecified atom stereocenters. The molecule has 378 valence electrons. The van der Waals surface area contributed by atoms with Crippen molar-refractivity contribution in [2.45, 2.75) is 75.0 Å². The Balaban J connectivity index is 1.33. The molecule has 0 fully saturated rings. The Kier molecular flexibility index (Phi) is 17.9. The first-order valence-corrected chi connectivity index (χ1v) is 30.0. The van der Waals surface area contributed by atoms with Crippen molar-refractivity contribution in [1.29, 1.82) is 0 Å². The average Bonchev–Trinajstić information content (AvgIpc) is 4.16. The van der Waals surface area contributed by atoms with E-state index in [0.29, 0.717) is 34.6 Å². The van der Waals surface area contributed by atoms with Crippen molar-refractivity contribution < 1.29 is 0 Å². The summed E-state index contributed by atoms with van der Waals surface area (Å²) in [6.45, 7) is 30.0. The van der Waals surface area contributed by atoms with Crippen molar-refractivity contribution in [3.05, 3.63) is 72.8 Å². The summed E-state index contributed by atoms with van der Waals surface area (Å²) in [5.41, 5.74) is 6.81. The number of aromatic nitrogens is 8. The molecule has 4 aromatic carbocycles. The van der Waals surface area contributed by atoms with Gasteiger partial charge < -0.3 is 29.6 Å². The molecule has 8 bridgehead atoms. The molecule has 5 heterocycles. The molecule has 0 saturated carbocycles. The smallest absolute Gasteiger partial charge is 0.165 e. The first-order valence-electron chi connectivity index (χ1n) is 26.1. The minimum Gasteiger partial charge on any atom is -0.324 e. The van der Waals surface area contributed by atoms with E-state index in [9.17, 15) is 0 Å². The quantitative estimate of drug-likeness (QED) is 0.0558. The van der Waals surface area contributed by atoms with E-state index in [2.05, 4.69) is 158 Å². The van der Waals surface area contributed by atoms with Crippen LogP contribution in [0.5, 0.6) is 0 Å². The minimum atomic E-state index is 0.624. The van der Waals surface area contributed by atoms with Crippen LogP contribution in [0.4, 0.5) is 0 Å². The largest absolute Gasteiger partial charge is 0.324 e. The van der Waals surface area contributed by atoms with Crippen LogP contribution in [-0.2, 0) is 0 Å². The molecule has 72 heavy (non-hydrogen) atoms. The molecule has 9 rings (SSSR count). The van der Waals surface area contributed by atoms with Gasteiger partial charge in [-0.1, -0.05) is 104 Å². The molecule has 16 heteroatoms. The van der Waals surface area contributed by atoms with Crippen molar-refractivity contribution in [3.8, 4) is 45.6 Å². The van der Waals surface area contributed by atoms with E-state index >= 15 is 0 Å². The maximum atomic E-state index is 5.54. The summed E-state index contributed by atoms with van der Waals surface area (Å²) in [7, 11) is 0. The Hall–Kier alpha value is -4.52. The molecule has 0 saturated heterocycles. The van der Waals surface area contributed by atoms with Gasteiger partial charge in [-0.15, -0.1) is 47.0 Å². The maximum Gasteiger partial charge on any atom is 0.165 e. The number of hydrogen-bond acceptors (Lipinski definition) is 14. The van der Waals surface area contributed by atoms with Gasteiger partial charge in [0, 0.05) is 113 Å². The van der Waals surface area contributed by atoms with Crippen LogP contribution in [0.2, 0.25) is 0 Å². The lowest BCUT2D eigenvalue weighted by Crippen LogP contribution is -2.25. The molecule has 0 radical (unpaired) electrons. The molecule has 2 aliphatic rings. The number of benzene rings is 4. The maximum absolute atomic E-state index is 5.54. The van der Waals surface area contributed by atoms with Crippen molar-refractivity contribution >= 4 is 91.2 Å². The van der Waals surface area contributed by atoms with Crippen molar-refractivity contribution in [2.24, 2.45) is 0 Å². The molecule has 7 aromatic rings. The van der Waals surface area contributed by atoms with Gasteiger partial charge in [0.1, 0.15) is 22.6 Å². The van der Waals surface area contributed by atoms with Crippen molar-refractivity contribution in [3.63, 3.8) is 0 Å². The Morgan fingerprint density at radius 1 is 0.347 bits per heavy atom. The summed E-state index contributed by atoms with van der Waals surface area (Å²) in [5.74, 6) is 6.30. The van der Waals surface area contributed by atoms with Gasteiger partial charge in [-0.2, -0.15) is 0 Å². The highest BCUT2D eigenvalue weighted by Crippen LogP contribution is 2.44. The van der Waals surface area contributed by atoms with E-state index in [1.165, 1.54) is 0 Å². The minimum absolute atomic E-state index is 0.624. The number of thioether (sulfide) groups is 4. The number of fused-ring (bicyclic) bond motifs is 20. The van der Waals surface area contributed by atoms with E-state index in [0.717, 1.165) is 176 Å². The highest BCUT2D eigenvalue weighted by Gasteiger charge is 2.27. The number of H-pyrrole nitrogens is 2. The van der Waals surface area contributed by atoms with E-state index in [1.54, 1.807) is 0 Å². The van der Waals surface area contributed by atoms with Crippen LogP contribution in [-0.4, -0.2) is 161 Å². The Morgan fingerprint density at radius 3 is 1.00 bits per heavy atom. The zero-order valence-corrected chi connectivity index (χ0v) is 46.6. The van der Waals surface area contributed by atoms with Crippen LogP contribution in [0, 0.1) is 0 Å². The normalized spacial score (nSPS) is 12.4. The molecule has 0 aliphatic carbocycles. The predicted octanol–water partition coefficient (Wildman–Crippen LogP) is 12.6. The molecule has 0 amide bonds. The van der Waals surface area contributed by atoms with Crippen LogP contribution in [0.15, 0.2) is 92.4 Å². The average molecular weight is 1040 g/mol. The molecular weight excluding hydrogens is 969 g/mol. The van der Waals surface area contributed by atoms with Gasteiger partial charge in [-0.3, -0.25) is 0 Å². The Morgan fingerprint density at radius 2 is 0.653 bits per heavy atom. The molecule has 2 aliphatic heterocycles. The SMILES string of the molecule is CCN(CC)CCSc1cccc2c1-c1nc-2nc2[nH]c(nc3nc(nc4[nH]c(n1)c1cccc(SCCN(CC)CC)c41)-c1cccc(SCCN(CC)CC)c1-3)c1cccc(SCCN(CC)CC)c21. The standard InChI is InChI=1S/C56H70N12S4/c1-9-65(10-2)29-33-69-41-25-17-21-37-45(41)53-57-49(37)62-54-47-39(23-19-27-43(47)71-35-31-67(13-5)14-6)51(59-54)64-56-48-40(24-20-28-44(48)72-36-32-68(15-7)16-8)52(60-56)63-55-46-38(50(58-55)61-53)22-18-26-42(46)70-34-30-66(11-3)12-4/h17-28H,9-16,29-36H2,1-8H3,(H2,57,58,59,60,61,62,63,64). The molecule has 2 N–H and O–H groups in total. The third kappa shape index (κ3) is 11.3. The highest BCUT2D eigenvalue weighted by molar-refractivity contribution is 8.00. The monoisotopic (exact) mass is 1040 g/mol. The Labute approximate surface area is 442 Å². The molecule has 0 spiro atoms. The van der Waals surface area contributed by atoms with Gasteiger partial charge in [0.15, 0.2) is 23.3 Å². The van der Waals surface area contributed by atoms with E-state index in [-0.39, 0.29) is 0 Å². The van der Waals surface area contributed by atoms with Gasteiger partial charge in [-0.25, -0.2) is 29.9 Å². The number of nitrogens with zero attached hydrogens (tertiary/aromatic N) is 10. The highest BCUT2D eigenvalue weighted by atomic mass is 32.2. The zero-order valence-electron chi connectivity index (χ0n) is 43.3. The first-order chi connectivity index (χ1) is 35.3. The van der Waals surface area contributed by atoms with Crippen molar-refractivity contribution in [2.75, 3.05) is 102 Å². The number of aromatic amines is 2. The summed E-state index contributed by atoms with van der Waals surface area (Å²) >= 11 is 7.46. The van der Waals surface area contributed by atoms with Crippen LogP contribution >= 0.6 is 47.0 Å². The molecule has 0 atom stereocenters. The lowest BCUT2D eigenvalue weighted by atomic mass is 10.1. The van der Waals surface area contributed by atoms with E-state index < -0.39 is 0 Å². The van der Waals surface area contributed by atoms with Crippen LogP contribution in [0.1, 0.15) is 55.4 Å². The fourth-order valence-electron chi connectivity index (χ4n) is 9.64. The second kappa shape index (κ2) is 24.7. The van der Waals surface area contributed by atoms with Gasteiger partial charge in [0.05, 0.1) is 0 Å². The van der Waals surface area contributed by atoms with E-state index in [4.69, 9.17) is 29.9 Å². The van der Waals surface area contributed by atoms with Crippen molar-refractivity contribution in [1.82, 2.24) is 59.5 Å². The summed E-state index contributed by atoms with van der Waals surface area (Å²) in [6.07, 6.45) is 0. The number of hydrogen-bond donors (Lipinski definition) is 2. The second-order valence-corrected chi connectivity index (χ2v) is 22.4. The number of nitrogens with one attached hydrogen (secondary N) is 2. The summed E-state index contributed by atoms with van der Waals surface area (Å²) in [6, 6.07) is 26.1. The lowest BCUT2D eigenvalue weighted by molar-refractivity contribution is 0.324. The third-order valence-corrected chi connectivity index (χ3v) is 18.2. The zero-order chi connectivity index (χ0) is 50.1. The van der Waals surface area contributed by atoms with Crippen LogP contribution in [0.3, 0.4) is 0 Å². The topological polar surface area (TPSA) is 122 Å². The number of rotatable bonds is 24. The summed E-state index contributed by atoms with van der Waals surface area (Å²) in [5, 5.41) is 4.05. The fourth-order valence-corrected chi connectivity index (χ4v) is 14.0. The molecular formula is C56H70N12S4. The van der Waals surface area contributed by atoms with Crippen LogP contribution < -0.4 is 0 Å². The predicted molar refractivity (Wildman–Crippen MR) is 310 cm³/mol. The Bertz CT molecular complexity index is 2950. The fraction of sp³-hybridized carbons (Fsp3) is 0.429. The lowest BCUT2D eigenvalue weighted by Gasteiger charge is -2.17. The summed E-state index contributed by atoms with van der Waals surface area (Å²) in [4.78, 5) is 55.0. The third-order valence-electron chi connectivity index (χ3n) is 14.0. The van der Waals surface area contributed by atoms with Gasteiger partial charge >= 0.3 is 0 Å². The molecule has 12 nitrogen and oxygen atoms in total. The van der Waals surface area contributed by atoms with Gasteiger partial charge in [0.2, 0.25) is 0 Å². The van der Waals surface area contributed by atoms with E-state index in [1.807, 2.05) is 47.0 Å². The first kappa shape index (κ1) is 52.3. The summed E-state index contributed by atoms with van der Waals surface area (Å²) < 4.78 is 0. The van der Waals surface area contributed by atoms with Gasteiger partial charge in [0.25, 0.3) is 0 Å².